The van der Waals surface area contributed by atoms with Crippen LogP contribution in [0.5, 0.6) is 0 Å². The molecule has 3 heterocycles. The Labute approximate surface area is 181 Å². The molecule has 0 atom stereocenters. The van der Waals surface area contributed by atoms with Gasteiger partial charge in [-0.1, -0.05) is 48.5 Å². The molecule has 0 fully saturated rings. The summed E-state index contributed by atoms with van der Waals surface area (Å²) in [6, 6.07) is 19.1. The van der Waals surface area contributed by atoms with Crippen LogP contribution < -0.4 is 5.56 Å². The molecule has 0 bridgehead atoms. The van der Waals surface area contributed by atoms with Gasteiger partial charge in [-0.3, -0.25) is 9.36 Å². The van der Waals surface area contributed by atoms with Crippen molar-refractivity contribution in [2.45, 2.75) is 13.5 Å². The summed E-state index contributed by atoms with van der Waals surface area (Å²) in [5.41, 5.74) is 2.06. The molecule has 0 unspecified atom stereocenters. The molecule has 6 nitrogen and oxygen atoms in total. The Morgan fingerprint density at radius 2 is 1.87 bits per heavy atom. The van der Waals surface area contributed by atoms with Crippen molar-refractivity contribution in [3.8, 4) is 10.4 Å². The van der Waals surface area contributed by atoms with E-state index in [0.29, 0.717) is 21.4 Å². The number of hydrogen-bond donors (Lipinski definition) is 0. The van der Waals surface area contributed by atoms with Crippen LogP contribution in [0.1, 0.15) is 23.0 Å². The number of furan rings is 1. The average Bonchev–Trinajstić information content (AvgIpc) is 3.39. The van der Waals surface area contributed by atoms with Crippen LogP contribution in [0.25, 0.3) is 31.6 Å². The Morgan fingerprint density at radius 3 is 2.68 bits per heavy atom. The van der Waals surface area contributed by atoms with Crippen LogP contribution >= 0.6 is 11.3 Å². The maximum Gasteiger partial charge on any atom is 0.374 e. The third kappa shape index (κ3) is 3.43. The zero-order chi connectivity index (χ0) is 21.4. The molecule has 2 aromatic carbocycles. The van der Waals surface area contributed by atoms with Gasteiger partial charge in [0.1, 0.15) is 10.4 Å². The Hall–Kier alpha value is -3.71. The molecule has 0 aliphatic rings. The predicted octanol–water partition coefficient (Wildman–Crippen LogP) is 5.10. The highest BCUT2D eigenvalue weighted by molar-refractivity contribution is 7.21. The van der Waals surface area contributed by atoms with Crippen molar-refractivity contribution in [1.29, 1.82) is 0 Å². The van der Waals surface area contributed by atoms with Gasteiger partial charge in [-0.25, -0.2) is 9.78 Å². The second-order valence-electron chi connectivity index (χ2n) is 7.00. The van der Waals surface area contributed by atoms with E-state index in [4.69, 9.17) is 9.15 Å². The van der Waals surface area contributed by atoms with Crippen LogP contribution in [0.4, 0.5) is 0 Å². The molecule has 0 amide bonds. The van der Waals surface area contributed by atoms with Crippen LogP contribution in [-0.2, 0) is 11.3 Å². The molecule has 0 N–H and O–H groups in total. The molecule has 0 spiro atoms. The predicted molar refractivity (Wildman–Crippen MR) is 121 cm³/mol. The van der Waals surface area contributed by atoms with Gasteiger partial charge in [0, 0.05) is 15.8 Å². The summed E-state index contributed by atoms with van der Waals surface area (Å²) in [7, 11) is 0. The minimum atomic E-state index is -0.544. The van der Waals surface area contributed by atoms with Crippen LogP contribution in [0.3, 0.4) is 0 Å². The van der Waals surface area contributed by atoms with E-state index < -0.39 is 5.97 Å². The quantitative estimate of drug-likeness (QED) is 0.363. The molecular formula is C24H18N2O4S. The number of carbonyl (C=O) groups is 1. The smallest absolute Gasteiger partial charge is 0.374 e. The van der Waals surface area contributed by atoms with Crippen LogP contribution in [0, 0.1) is 0 Å². The lowest BCUT2D eigenvalue weighted by Gasteiger charge is -2.06. The number of benzene rings is 2. The highest BCUT2D eigenvalue weighted by Crippen LogP contribution is 2.31. The highest BCUT2D eigenvalue weighted by atomic mass is 32.1. The van der Waals surface area contributed by atoms with E-state index in [-0.39, 0.29) is 24.5 Å². The van der Waals surface area contributed by atoms with E-state index in [1.165, 1.54) is 22.2 Å². The van der Waals surface area contributed by atoms with Crippen molar-refractivity contribution in [3.63, 3.8) is 0 Å². The minimum Gasteiger partial charge on any atom is -0.460 e. The fraction of sp³-hybridized carbons (Fsp3) is 0.125. The summed E-state index contributed by atoms with van der Waals surface area (Å²) < 4.78 is 12.4. The van der Waals surface area contributed by atoms with E-state index in [2.05, 4.69) is 4.98 Å². The zero-order valence-electron chi connectivity index (χ0n) is 16.7. The molecule has 3 aromatic heterocycles. The number of rotatable bonds is 5. The summed E-state index contributed by atoms with van der Waals surface area (Å²) in [5, 5.41) is 1.32. The second kappa shape index (κ2) is 7.85. The number of aromatic nitrogens is 2. The number of esters is 1. The minimum absolute atomic E-state index is 0.116. The maximum atomic E-state index is 13.2. The zero-order valence-corrected chi connectivity index (χ0v) is 17.5. The molecule has 0 aliphatic heterocycles. The lowest BCUT2D eigenvalue weighted by molar-refractivity contribution is 0.0490. The first kappa shape index (κ1) is 19.3. The van der Waals surface area contributed by atoms with Crippen molar-refractivity contribution in [1.82, 2.24) is 9.55 Å². The highest BCUT2D eigenvalue weighted by Gasteiger charge is 2.22. The Bertz CT molecular complexity index is 1460. The topological polar surface area (TPSA) is 74.3 Å². The van der Waals surface area contributed by atoms with E-state index >= 15 is 0 Å². The van der Waals surface area contributed by atoms with Gasteiger partial charge in [-0.15, -0.1) is 11.3 Å². The van der Waals surface area contributed by atoms with Crippen LogP contribution in [-0.4, -0.2) is 22.1 Å². The first-order valence-corrected chi connectivity index (χ1v) is 10.7. The number of thiophene rings is 1. The number of carbonyl (C=O) groups excluding carboxylic acids is 1. The third-order valence-electron chi connectivity index (χ3n) is 5.06. The third-order valence-corrected chi connectivity index (χ3v) is 6.16. The second-order valence-corrected chi connectivity index (χ2v) is 8.03. The summed E-state index contributed by atoms with van der Waals surface area (Å²) in [6.45, 7) is 2.13. The molecule has 0 aliphatic carbocycles. The van der Waals surface area contributed by atoms with Crippen molar-refractivity contribution >= 4 is 38.5 Å². The van der Waals surface area contributed by atoms with Crippen molar-refractivity contribution in [3.05, 3.63) is 88.7 Å². The van der Waals surface area contributed by atoms with E-state index in [9.17, 15) is 9.59 Å². The lowest BCUT2D eigenvalue weighted by Crippen LogP contribution is -2.21. The molecule has 5 aromatic rings. The number of hydrogen-bond acceptors (Lipinski definition) is 6. The standard InChI is InChI=1S/C24H18N2O4S/c1-2-29-24(28)21-18(16-10-6-7-11-19(16)30-21)13-26-14-25-22-17(23(26)27)12-20(31-22)15-8-4-3-5-9-15/h3-12,14H,2,13H2,1H3. The van der Waals surface area contributed by atoms with Crippen molar-refractivity contribution in [2.75, 3.05) is 6.61 Å². The molecule has 154 valence electrons. The van der Waals surface area contributed by atoms with Gasteiger partial charge < -0.3 is 9.15 Å². The first-order valence-electron chi connectivity index (χ1n) is 9.87. The normalized spacial score (nSPS) is 11.3. The molecule has 31 heavy (non-hydrogen) atoms. The van der Waals surface area contributed by atoms with Gasteiger partial charge in [0.05, 0.1) is 24.9 Å². The van der Waals surface area contributed by atoms with Gasteiger partial charge in [-0.05, 0) is 24.6 Å². The van der Waals surface area contributed by atoms with Gasteiger partial charge >= 0.3 is 5.97 Å². The van der Waals surface area contributed by atoms with Gasteiger partial charge in [0.15, 0.2) is 0 Å². The summed E-state index contributed by atoms with van der Waals surface area (Å²) in [4.78, 5) is 31.9. The van der Waals surface area contributed by atoms with E-state index in [1.807, 2.05) is 54.6 Å². The molecule has 5 rings (SSSR count). The SMILES string of the molecule is CCOC(=O)c1oc2ccccc2c1Cn1cnc2sc(-c3ccccc3)cc2c1=O. The molecule has 0 saturated carbocycles. The van der Waals surface area contributed by atoms with Crippen LogP contribution in [0.2, 0.25) is 0 Å². The average molecular weight is 430 g/mol. The van der Waals surface area contributed by atoms with E-state index in [1.54, 1.807) is 13.0 Å². The molecule has 0 saturated heterocycles. The van der Waals surface area contributed by atoms with E-state index in [0.717, 1.165) is 15.8 Å². The number of para-hydroxylation sites is 1. The number of ether oxygens (including phenoxy) is 1. The lowest BCUT2D eigenvalue weighted by atomic mass is 10.1. The number of nitrogens with zero attached hydrogens (tertiary/aromatic N) is 2. The van der Waals surface area contributed by atoms with Gasteiger partial charge in [-0.2, -0.15) is 0 Å². The van der Waals surface area contributed by atoms with Crippen molar-refractivity contribution in [2.24, 2.45) is 0 Å². The van der Waals surface area contributed by atoms with Gasteiger partial charge in [0.25, 0.3) is 5.56 Å². The fourth-order valence-corrected chi connectivity index (χ4v) is 4.60. The summed E-state index contributed by atoms with van der Waals surface area (Å²) in [5.74, 6) is -0.428. The Balaban J connectivity index is 1.60. The molecular weight excluding hydrogens is 412 g/mol. The van der Waals surface area contributed by atoms with Crippen molar-refractivity contribution < 1.29 is 13.9 Å². The summed E-state index contributed by atoms with van der Waals surface area (Å²) >= 11 is 1.48. The monoisotopic (exact) mass is 430 g/mol. The molecule has 7 heteroatoms. The van der Waals surface area contributed by atoms with Gasteiger partial charge in [0.2, 0.25) is 5.76 Å². The molecule has 0 radical (unpaired) electrons. The maximum absolute atomic E-state index is 13.2. The Kier molecular flexibility index (Phi) is 4.88. The largest absolute Gasteiger partial charge is 0.460 e. The van der Waals surface area contributed by atoms with Crippen LogP contribution in [0.15, 0.2) is 76.2 Å². The Morgan fingerprint density at radius 1 is 1.10 bits per heavy atom. The summed E-state index contributed by atoms with van der Waals surface area (Å²) in [6.07, 6.45) is 1.52. The first-order chi connectivity index (χ1) is 15.2. The fourth-order valence-electron chi connectivity index (χ4n) is 3.60. The number of fused-ring (bicyclic) bond motifs is 2.